The predicted octanol–water partition coefficient (Wildman–Crippen LogP) is 2.85. The number of rotatable bonds is 4. The first-order valence-electron chi connectivity index (χ1n) is 8.06. The van der Waals surface area contributed by atoms with E-state index in [2.05, 4.69) is 17.8 Å². The maximum atomic E-state index is 12.2. The molecule has 0 fully saturated rings. The number of fused-ring (bicyclic) bond motifs is 1. The number of hydrazine groups is 1. The van der Waals surface area contributed by atoms with Crippen molar-refractivity contribution in [3.8, 4) is 0 Å². The van der Waals surface area contributed by atoms with E-state index in [1.807, 2.05) is 6.07 Å². The fourth-order valence-electron chi connectivity index (χ4n) is 2.73. The van der Waals surface area contributed by atoms with Crippen molar-refractivity contribution in [2.24, 2.45) is 5.92 Å². The van der Waals surface area contributed by atoms with Crippen molar-refractivity contribution in [1.82, 2.24) is 10.9 Å². The lowest BCUT2D eigenvalue weighted by Crippen LogP contribution is -2.40. The normalized spacial score (nSPS) is 16.3. The SMILES string of the molecule is C[C@H]1CCc2sc(C(=O)NNC(=O)/C=C/c3ccc([N+](=O)[O-])o3)cc2C1. The molecule has 1 atom stereocenters. The van der Waals surface area contributed by atoms with Gasteiger partial charge in [-0.25, -0.2) is 0 Å². The van der Waals surface area contributed by atoms with Gasteiger partial charge >= 0.3 is 5.88 Å². The Morgan fingerprint density at radius 1 is 1.38 bits per heavy atom. The maximum Gasteiger partial charge on any atom is 0.433 e. The molecular weight excluding hydrogens is 358 g/mol. The van der Waals surface area contributed by atoms with Crippen molar-refractivity contribution in [2.75, 3.05) is 0 Å². The summed E-state index contributed by atoms with van der Waals surface area (Å²) in [6, 6.07) is 4.45. The molecule has 3 rings (SSSR count). The van der Waals surface area contributed by atoms with Crippen LogP contribution in [0.25, 0.3) is 6.08 Å². The van der Waals surface area contributed by atoms with E-state index in [0.717, 1.165) is 25.3 Å². The van der Waals surface area contributed by atoms with E-state index in [1.54, 1.807) is 0 Å². The Balaban J connectivity index is 1.53. The molecule has 0 spiro atoms. The summed E-state index contributed by atoms with van der Waals surface area (Å²) in [5.41, 5.74) is 5.85. The number of thiophene rings is 1. The number of hydrogen-bond acceptors (Lipinski definition) is 6. The van der Waals surface area contributed by atoms with Crippen LogP contribution < -0.4 is 10.9 Å². The molecule has 2 N–H and O–H groups in total. The lowest BCUT2D eigenvalue weighted by atomic mass is 9.90. The Kier molecular flexibility index (Phi) is 5.17. The Labute approximate surface area is 153 Å². The molecule has 2 aromatic rings. The number of carbonyl (C=O) groups excluding carboxylic acids is 2. The van der Waals surface area contributed by atoms with Gasteiger partial charge in [0, 0.05) is 11.0 Å². The van der Waals surface area contributed by atoms with E-state index < -0.39 is 16.7 Å². The van der Waals surface area contributed by atoms with Crippen LogP contribution in [0, 0.1) is 16.0 Å². The van der Waals surface area contributed by atoms with Gasteiger partial charge in [0.05, 0.1) is 10.9 Å². The minimum absolute atomic E-state index is 0.165. The quantitative estimate of drug-likeness (QED) is 0.484. The van der Waals surface area contributed by atoms with Gasteiger partial charge in [-0.05, 0) is 49.0 Å². The van der Waals surface area contributed by atoms with Crippen molar-refractivity contribution in [1.29, 1.82) is 0 Å². The lowest BCUT2D eigenvalue weighted by Gasteiger charge is -2.16. The van der Waals surface area contributed by atoms with E-state index >= 15 is 0 Å². The van der Waals surface area contributed by atoms with Crippen molar-refractivity contribution >= 4 is 35.1 Å². The number of nitro groups is 1. The zero-order valence-electron chi connectivity index (χ0n) is 14.0. The van der Waals surface area contributed by atoms with Crippen LogP contribution in [0.5, 0.6) is 0 Å². The van der Waals surface area contributed by atoms with Gasteiger partial charge in [0.15, 0.2) is 0 Å². The number of hydrogen-bond donors (Lipinski definition) is 2. The highest BCUT2D eigenvalue weighted by Crippen LogP contribution is 2.32. The Bertz CT molecular complexity index is 883. The summed E-state index contributed by atoms with van der Waals surface area (Å²) in [7, 11) is 0. The van der Waals surface area contributed by atoms with Crippen molar-refractivity contribution in [3.63, 3.8) is 0 Å². The molecule has 2 amide bonds. The monoisotopic (exact) mass is 375 g/mol. The van der Waals surface area contributed by atoms with Gasteiger partial charge in [0.1, 0.15) is 10.7 Å². The van der Waals surface area contributed by atoms with E-state index in [0.29, 0.717) is 10.8 Å². The van der Waals surface area contributed by atoms with Crippen LogP contribution in [0.2, 0.25) is 0 Å². The molecule has 26 heavy (non-hydrogen) atoms. The number of aryl methyl sites for hydroxylation is 1. The van der Waals surface area contributed by atoms with Gasteiger partial charge in [-0.1, -0.05) is 6.92 Å². The third kappa shape index (κ3) is 4.17. The van der Waals surface area contributed by atoms with Gasteiger partial charge in [0.2, 0.25) is 0 Å². The molecule has 9 heteroatoms. The van der Waals surface area contributed by atoms with E-state index in [9.17, 15) is 19.7 Å². The molecule has 0 radical (unpaired) electrons. The number of furan rings is 1. The van der Waals surface area contributed by atoms with Crippen molar-refractivity contribution in [2.45, 2.75) is 26.2 Å². The molecule has 0 saturated heterocycles. The molecule has 8 nitrogen and oxygen atoms in total. The Morgan fingerprint density at radius 2 is 2.19 bits per heavy atom. The van der Waals surface area contributed by atoms with Crippen LogP contribution in [0.1, 0.15) is 39.2 Å². The summed E-state index contributed by atoms with van der Waals surface area (Å²) in [6.07, 6.45) is 5.48. The summed E-state index contributed by atoms with van der Waals surface area (Å²) < 4.78 is 4.89. The second-order valence-corrected chi connectivity index (χ2v) is 7.25. The molecule has 136 valence electrons. The van der Waals surface area contributed by atoms with Crippen molar-refractivity contribution in [3.05, 3.63) is 55.5 Å². The average Bonchev–Trinajstić information content (AvgIpc) is 3.24. The second kappa shape index (κ2) is 7.52. The van der Waals surface area contributed by atoms with Gasteiger partial charge in [-0.2, -0.15) is 0 Å². The Hall–Kier alpha value is -2.94. The maximum absolute atomic E-state index is 12.2. The zero-order valence-corrected chi connectivity index (χ0v) is 14.8. The highest BCUT2D eigenvalue weighted by Gasteiger charge is 2.20. The third-order valence-electron chi connectivity index (χ3n) is 4.04. The minimum Gasteiger partial charge on any atom is -0.401 e. The van der Waals surface area contributed by atoms with E-state index in [1.165, 1.54) is 40.0 Å². The molecule has 2 heterocycles. The van der Waals surface area contributed by atoms with Crippen LogP contribution in [0.4, 0.5) is 5.88 Å². The van der Waals surface area contributed by atoms with Crippen LogP contribution >= 0.6 is 11.3 Å². The van der Waals surface area contributed by atoms with Gasteiger partial charge in [0.25, 0.3) is 11.8 Å². The topological polar surface area (TPSA) is 114 Å². The van der Waals surface area contributed by atoms with Gasteiger partial charge in [-0.3, -0.25) is 30.6 Å². The number of nitrogens with zero attached hydrogens (tertiary/aromatic N) is 1. The largest absolute Gasteiger partial charge is 0.433 e. The number of carbonyl (C=O) groups is 2. The van der Waals surface area contributed by atoms with Gasteiger partial charge in [-0.15, -0.1) is 11.3 Å². The first kappa shape index (κ1) is 17.9. The van der Waals surface area contributed by atoms with Crippen LogP contribution in [-0.2, 0) is 17.6 Å². The predicted molar refractivity (Wildman–Crippen MR) is 95.5 cm³/mol. The second-order valence-electron chi connectivity index (χ2n) is 6.12. The molecule has 0 saturated carbocycles. The molecule has 0 bridgehead atoms. The summed E-state index contributed by atoms with van der Waals surface area (Å²) in [6.45, 7) is 2.19. The molecule has 0 aliphatic heterocycles. The number of nitrogens with one attached hydrogen (secondary N) is 2. The highest BCUT2D eigenvalue weighted by atomic mass is 32.1. The smallest absolute Gasteiger partial charge is 0.401 e. The van der Waals surface area contributed by atoms with Crippen LogP contribution in [0.15, 0.2) is 28.7 Å². The first-order valence-corrected chi connectivity index (χ1v) is 8.88. The molecule has 2 aromatic heterocycles. The van der Waals surface area contributed by atoms with E-state index in [4.69, 9.17) is 4.42 Å². The van der Waals surface area contributed by atoms with E-state index in [-0.39, 0.29) is 11.7 Å². The van der Waals surface area contributed by atoms with Crippen LogP contribution in [0.3, 0.4) is 0 Å². The summed E-state index contributed by atoms with van der Waals surface area (Å²) in [5.74, 6) is -0.567. The molecule has 1 aliphatic carbocycles. The highest BCUT2D eigenvalue weighted by molar-refractivity contribution is 7.14. The zero-order chi connectivity index (χ0) is 18.7. The molecular formula is C17H17N3O5S. The molecule has 0 unspecified atom stereocenters. The summed E-state index contributed by atoms with van der Waals surface area (Å²) >= 11 is 1.45. The molecule has 0 aromatic carbocycles. The summed E-state index contributed by atoms with van der Waals surface area (Å²) in [5, 5.41) is 10.5. The van der Waals surface area contributed by atoms with Crippen molar-refractivity contribution < 1.29 is 18.9 Å². The van der Waals surface area contributed by atoms with Crippen LogP contribution in [-0.4, -0.2) is 16.7 Å². The third-order valence-corrected chi connectivity index (χ3v) is 5.28. The first-order chi connectivity index (χ1) is 12.4. The fourth-order valence-corrected chi connectivity index (χ4v) is 3.83. The Morgan fingerprint density at radius 3 is 2.92 bits per heavy atom. The number of amides is 2. The lowest BCUT2D eigenvalue weighted by molar-refractivity contribution is -0.402. The standard InChI is InChI=1S/C17H17N3O5S/c1-10-2-5-13-11(8-10)9-14(26-13)17(22)19-18-15(21)6-3-12-4-7-16(25-12)20(23)24/h3-4,6-7,9-10H,2,5,8H2,1H3,(H,18,21)(H,19,22)/b6-3+/t10-/m0/s1. The van der Waals surface area contributed by atoms with Gasteiger partial charge < -0.3 is 4.42 Å². The fraction of sp³-hybridized carbons (Fsp3) is 0.294. The summed E-state index contributed by atoms with van der Waals surface area (Å²) in [4.78, 5) is 35.6. The molecule has 1 aliphatic rings. The average molecular weight is 375 g/mol. The minimum atomic E-state index is -0.668.